The van der Waals surface area contributed by atoms with Crippen LogP contribution < -0.4 is 0 Å². The fourth-order valence-corrected chi connectivity index (χ4v) is 2.22. The van der Waals surface area contributed by atoms with E-state index >= 15 is 0 Å². The summed E-state index contributed by atoms with van der Waals surface area (Å²) in [5.41, 5.74) is 1.97. The van der Waals surface area contributed by atoms with Crippen molar-refractivity contribution >= 4 is 23.2 Å². The monoisotopic (exact) mass is 266 g/mol. The molecular weight excluding hydrogens is 255 g/mol. The van der Waals surface area contributed by atoms with Crippen LogP contribution in [-0.4, -0.2) is 5.11 Å². The van der Waals surface area contributed by atoms with Crippen molar-refractivity contribution in [3.63, 3.8) is 0 Å². The predicted octanol–water partition coefficient (Wildman–Crippen LogP) is 4.48. The molecule has 1 nitrogen and oxygen atoms in total. The highest BCUT2D eigenvalue weighted by molar-refractivity contribution is 6.35. The number of phenolic OH excluding ortho intramolecular Hbond substituents is 1. The van der Waals surface area contributed by atoms with Crippen molar-refractivity contribution in [2.24, 2.45) is 0 Å². The van der Waals surface area contributed by atoms with Crippen LogP contribution in [0.2, 0.25) is 10.0 Å². The first-order valence-corrected chi connectivity index (χ1v) is 6.13. The van der Waals surface area contributed by atoms with Crippen LogP contribution in [0.5, 0.6) is 5.75 Å². The van der Waals surface area contributed by atoms with Gasteiger partial charge in [-0.25, -0.2) is 0 Å². The van der Waals surface area contributed by atoms with Crippen LogP contribution in [0, 0.1) is 0 Å². The van der Waals surface area contributed by atoms with Gasteiger partial charge in [-0.3, -0.25) is 0 Å². The van der Waals surface area contributed by atoms with Crippen molar-refractivity contribution in [2.45, 2.75) is 12.8 Å². The second-order valence-electron chi connectivity index (χ2n) is 3.86. The van der Waals surface area contributed by atoms with E-state index in [9.17, 15) is 5.11 Å². The van der Waals surface area contributed by atoms with Crippen LogP contribution >= 0.6 is 23.2 Å². The first-order valence-electron chi connectivity index (χ1n) is 5.37. The molecule has 0 unspecified atom stereocenters. The lowest BCUT2D eigenvalue weighted by Gasteiger charge is -2.06. The van der Waals surface area contributed by atoms with Gasteiger partial charge in [-0.15, -0.1) is 0 Å². The van der Waals surface area contributed by atoms with Gasteiger partial charge in [0.2, 0.25) is 0 Å². The minimum Gasteiger partial charge on any atom is -0.508 e. The van der Waals surface area contributed by atoms with Gasteiger partial charge >= 0.3 is 0 Å². The van der Waals surface area contributed by atoms with Gasteiger partial charge in [0.25, 0.3) is 0 Å². The van der Waals surface area contributed by atoms with E-state index in [0.717, 1.165) is 24.0 Å². The summed E-state index contributed by atoms with van der Waals surface area (Å²) < 4.78 is 0. The van der Waals surface area contributed by atoms with Crippen molar-refractivity contribution in [3.8, 4) is 5.75 Å². The van der Waals surface area contributed by atoms with Crippen LogP contribution in [-0.2, 0) is 12.8 Å². The molecule has 2 aromatic rings. The van der Waals surface area contributed by atoms with E-state index in [4.69, 9.17) is 23.2 Å². The highest BCUT2D eigenvalue weighted by Gasteiger charge is 2.04. The van der Waals surface area contributed by atoms with E-state index in [1.807, 2.05) is 30.3 Å². The first kappa shape index (κ1) is 12.3. The minimum absolute atomic E-state index is 0.331. The SMILES string of the molecule is Oc1ccccc1CCc1ccc(Cl)cc1Cl. The molecule has 88 valence electrons. The molecule has 0 fully saturated rings. The Morgan fingerprint density at radius 1 is 0.882 bits per heavy atom. The van der Waals surface area contributed by atoms with Gasteiger partial charge in [0.1, 0.15) is 5.75 Å². The Balaban J connectivity index is 2.10. The molecule has 0 spiro atoms. The van der Waals surface area contributed by atoms with Crippen molar-refractivity contribution in [3.05, 3.63) is 63.6 Å². The molecule has 0 saturated heterocycles. The Kier molecular flexibility index (Phi) is 3.93. The Labute approximate surface area is 111 Å². The molecule has 0 heterocycles. The Bertz CT molecular complexity index is 523. The highest BCUT2D eigenvalue weighted by atomic mass is 35.5. The lowest BCUT2D eigenvalue weighted by Crippen LogP contribution is -1.92. The molecule has 0 bridgehead atoms. The summed E-state index contributed by atoms with van der Waals surface area (Å²) in [6, 6.07) is 12.8. The normalized spacial score (nSPS) is 10.5. The number of aryl methyl sites for hydroxylation is 2. The van der Waals surface area contributed by atoms with Crippen LogP contribution in [0.15, 0.2) is 42.5 Å². The molecule has 2 rings (SSSR count). The fourth-order valence-electron chi connectivity index (χ4n) is 1.72. The van der Waals surface area contributed by atoms with Crippen molar-refractivity contribution in [2.75, 3.05) is 0 Å². The Hall–Kier alpha value is -1.18. The van der Waals surface area contributed by atoms with Gasteiger partial charge in [0, 0.05) is 10.0 Å². The van der Waals surface area contributed by atoms with Crippen LogP contribution in [0.1, 0.15) is 11.1 Å². The Morgan fingerprint density at radius 3 is 2.29 bits per heavy atom. The molecule has 17 heavy (non-hydrogen) atoms. The summed E-state index contributed by atoms with van der Waals surface area (Å²) in [6.07, 6.45) is 1.54. The molecule has 0 amide bonds. The van der Waals surface area contributed by atoms with E-state index in [2.05, 4.69) is 0 Å². The smallest absolute Gasteiger partial charge is 0.118 e. The average molecular weight is 267 g/mol. The lowest BCUT2D eigenvalue weighted by molar-refractivity contribution is 0.468. The zero-order chi connectivity index (χ0) is 12.3. The molecule has 0 saturated carbocycles. The zero-order valence-electron chi connectivity index (χ0n) is 9.16. The molecule has 0 aliphatic rings. The molecule has 0 radical (unpaired) electrons. The van der Waals surface area contributed by atoms with E-state index in [-0.39, 0.29) is 0 Å². The van der Waals surface area contributed by atoms with Gasteiger partial charge in [-0.1, -0.05) is 47.5 Å². The number of rotatable bonds is 3. The summed E-state index contributed by atoms with van der Waals surface area (Å²) in [4.78, 5) is 0. The fraction of sp³-hybridized carbons (Fsp3) is 0.143. The largest absolute Gasteiger partial charge is 0.508 e. The standard InChI is InChI=1S/C14H12Cl2O/c15-12-8-7-10(13(16)9-12)5-6-11-3-1-2-4-14(11)17/h1-4,7-9,17H,5-6H2. The molecule has 1 N–H and O–H groups in total. The maximum absolute atomic E-state index is 9.65. The van der Waals surface area contributed by atoms with Gasteiger partial charge in [0.05, 0.1) is 0 Å². The maximum Gasteiger partial charge on any atom is 0.118 e. The minimum atomic E-state index is 0.331. The predicted molar refractivity (Wildman–Crippen MR) is 72.0 cm³/mol. The summed E-state index contributed by atoms with van der Waals surface area (Å²) in [5, 5.41) is 11.0. The number of halogens is 2. The molecule has 3 heteroatoms. The molecule has 0 aromatic heterocycles. The third kappa shape index (κ3) is 3.15. The number of para-hydroxylation sites is 1. The molecule has 0 atom stereocenters. The van der Waals surface area contributed by atoms with Crippen LogP contribution in [0.25, 0.3) is 0 Å². The lowest BCUT2D eigenvalue weighted by atomic mass is 10.0. The summed E-state index contributed by atoms with van der Waals surface area (Å²) in [5.74, 6) is 0.331. The summed E-state index contributed by atoms with van der Waals surface area (Å²) in [6.45, 7) is 0. The zero-order valence-corrected chi connectivity index (χ0v) is 10.7. The molecule has 2 aromatic carbocycles. The summed E-state index contributed by atoms with van der Waals surface area (Å²) in [7, 11) is 0. The van der Waals surface area contributed by atoms with Crippen LogP contribution in [0.4, 0.5) is 0 Å². The number of hydrogen-bond donors (Lipinski definition) is 1. The second-order valence-corrected chi connectivity index (χ2v) is 4.71. The molecule has 0 aliphatic carbocycles. The Morgan fingerprint density at radius 2 is 1.59 bits per heavy atom. The van der Waals surface area contributed by atoms with Crippen molar-refractivity contribution in [1.29, 1.82) is 0 Å². The topological polar surface area (TPSA) is 20.2 Å². The third-order valence-corrected chi connectivity index (χ3v) is 3.26. The first-order chi connectivity index (χ1) is 8.16. The number of phenols is 1. The summed E-state index contributed by atoms with van der Waals surface area (Å²) >= 11 is 11.9. The van der Waals surface area contributed by atoms with Gasteiger partial charge in [-0.2, -0.15) is 0 Å². The van der Waals surface area contributed by atoms with Crippen molar-refractivity contribution < 1.29 is 5.11 Å². The maximum atomic E-state index is 9.65. The average Bonchev–Trinajstić information content (AvgIpc) is 2.30. The van der Waals surface area contributed by atoms with E-state index in [0.29, 0.717) is 15.8 Å². The van der Waals surface area contributed by atoms with E-state index in [1.165, 1.54) is 0 Å². The van der Waals surface area contributed by atoms with Crippen LogP contribution in [0.3, 0.4) is 0 Å². The van der Waals surface area contributed by atoms with Gasteiger partial charge in [0.15, 0.2) is 0 Å². The highest BCUT2D eigenvalue weighted by Crippen LogP contribution is 2.24. The van der Waals surface area contributed by atoms with E-state index in [1.54, 1.807) is 12.1 Å². The molecule has 0 aliphatic heterocycles. The van der Waals surface area contributed by atoms with Crippen molar-refractivity contribution in [1.82, 2.24) is 0 Å². The second kappa shape index (κ2) is 5.44. The van der Waals surface area contributed by atoms with Gasteiger partial charge < -0.3 is 5.11 Å². The number of hydrogen-bond acceptors (Lipinski definition) is 1. The molecular formula is C14H12Cl2O. The number of aromatic hydroxyl groups is 1. The van der Waals surface area contributed by atoms with Gasteiger partial charge in [-0.05, 0) is 42.2 Å². The number of benzene rings is 2. The van der Waals surface area contributed by atoms with E-state index < -0.39 is 0 Å². The third-order valence-electron chi connectivity index (χ3n) is 2.67. The quantitative estimate of drug-likeness (QED) is 0.869.